The molecule has 3 N–H and O–H groups in total. The van der Waals surface area contributed by atoms with E-state index in [2.05, 4.69) is 0 Å². The fourth-order valence-corrected chi connectivity index (χ4v) is 4.43. The molecule has 0 heterocycles. The molecule has 15 heavy (non-hydrogen) atoms. The van der Waals surface area contributed by atoms with E-state index in [1.54, 1.807) is 13.8 Å². The molecule has 92 valence electrons. The fourth-order valence-electron chi connectivity index (χ4n) is 0.947. The van der Waals surface area contributed by atoms with Crippen LogP contribution in [0.2, 0.25) is 0 Å². The number of nitrogens with zero attached hydrogens (tertiary/aromatic N) is 1. The second-order valence-electron chi connectivity index (χ2n) is 2.74. The van der Waals surface area contributed by atoms with Crippen LogP contribution in [0.1, 0.15) is 13.8 Å². The van der Waals surface area contributed by atoms with Gasteiger partial charge in [0, 0.05) is 13.1 Å². The van der Waals surface area contributed by atoms with Crippen LogP contribution in [0.5, 0.6) is 0 Å². The Morgan fingerprint density at radius 2 is 1.47 bits per heavy atom. The largest absolute Gasteiger partial charge is 0.372 e. The third kappa shape index (κ3) is 2.96. The highest BCUT2D eigenvalue weighted by Crippen LogP contribution is 2.76. The minimum Gasteiger partial charge on any atom is -0.331 e. The molecule has 0 aromatic carbocycles. The van der Waals surface area contributed by atoms with Crippen molar-refractivity contribution >= 4 is 38.3 Å². The van der Waals surface area contributed by atoms with Gasteiger partial charge in [-0.3, -0.25) is 9.13 Å². The molecule has 0 fully saturated rings. The summed E-state index contributed by atoms with van der Waals surface area (Å²) >= 11 is 10.6. The fraction of sp³-hybridized carbons (Fsp3) is 1.00. The maximum Gasteiger partial charge on any atom is 0.372 e. The van der Waals surface area contributed by atoms with Gasteiger partial charge in [0.15, 0.2) is 0 Å². The van der Waals surface area contributed by atoms with Gasteiger partial charge in [0.1, 0.15) is 0 Å². The van der Waals surface area contributed by atoms with Crippen molar-refractivity contribution in [1.29, 1.82) is 0 Å². The van der Waals surface area contributed by atoms with E-state index in [1.165, 1.54) is 0 Å². The van der Waals surface area contributed by atoms with Gasteiger partial charge in [-0.1, -0.05) is 37.0 Å². The van der Waals surface area contributed by atoms with Crippen molar-refractivity contribution in [3.8, 4) is 0 Å². The molecule has 0 amide bonds. The number of alkyl halides is 2. The first-order chi connectivity index (χ1) is 6.52. The molecule has 0 aromatic heterocycles. The third-order valence-corrected chi connectivity index (χ3v) is 8.75. The van der Waals surface area contributed by atoms with Crippen molar-refractivity contribution < 1.29 is 23.8 Å². The molecule has 10 heteroatoms. The Bertz CT molecular complexity index is 313. The van der Waals surface area contributed by atoms with E-state index in [9.17, 15) is 14.0 Å². The van der Waals surface area contributed by atoms with Gasteiger partial charge in [-0.25, -0.2) is 4.67 Å². The van der Waals surface area contributed by atoms with Crippen LogP contribution in [0.3, 0.4) is 0 Å². The van der Waals surface area contributed by atoms with Crippen molar-refractivity contribution in [3.63, 3.8) is 0 Å². The van der Waals surface area contributed by atoms with Gasteiger partial charge < -0.3 is 14.7 Å². The second kappa shape index (κ2) is 5.03. The Hall–Kier alpha value is 0.880. The predicted octanol–water partition coefficient (Wildman–Crippen LogP) is 1.78. The highest BCUT2D eigenvalue weighted by molar-refractivity contribution is 7.80. The summed E-state index contributed by atoms with van der Waals surface area (Å²) in [6, 6.07) is 0. The highest BCUT2D eigenvalue weighted by atomic mass is 35.5. The van der Waals surface area contributed by atoms with E-state index in [0.29, 0.717) is 0 Å². The lowest BCUT2D eigenvalue weighted by atomic mass is 10.7. The minimum absolute atomic E-state index is 0.103. The number of rotatable bonds is 5. The normalized spacial score (nSPS) is 17.9. The molecule has 0 saturated heterocycles. The Labute approximate surface area is 97.8 Å². The summed E-state index contributed by atoms with van der Waals surface area (Å²) in [7, 11) is -9.62. The SMILES string of the molecule is CCN(CC)P(=O)(O)C(Cl)(Cl)P(=O)(O)O. The monoisotopic (exact) mass is 299 g/mol. The summed E-state index contributed by atoms with van der Waals surface area (Å²) in [6.45, 7) is 3.31. The van der Waals surface area contributed by atoms with Crippen LogP contribution in [-0.2, 0) is 9.13 Å². The summed E-state index contributed by atoms with van der Waals surface area (Å²) in [6.07, 6.45) is 0. The molecule has 0 radical (unpaired) electrons. The summed E-state index contributed by atoms with van der Waals surface area (Å²) in [5.41, 5.74) is 0. The molecule has 0 aliphatic rings. The molecule has 0 bridgehead atoms. The van der Waals surface area contributed by atoms with Crippen LogP contribution in [0.15, 0.2) is 0 Å². The number of hydrogen-bond acceptors (Lipinski definition) is 2. The smallest absolute Gasteiger partial charge is 0.331 e. The van der Waals surface area contributed by atoms with Crippen molar-refractivity contribution in [2.75, 3.05) is 13.1 Å². The van der Waals surface area contributed by atoms with Gasteiger partial charge in [-0.15, -0.1) is 0 Å². The first-order valence-corrected chi connectivity index (χ1v) is 8.02. The molecule has 0 rings (SSSR count). The maximum atomic E-state index is 11.8. The topological polar surface area (TPSA) is 98.1 Å². The Morgan fingerprint density at radius 1 is 1.13 bits per heavy atom. The summed E-state index contributed by atoms with van der Waals surface area (Å²) in [4.78, 5) is 27.2. The van der Waals surface area contributed by atoms with Crippen LogP contribution in [0.25, 0.3) is 0 Å². The first-order valence-electron chi connectivity index (χ1n) is 4.04. The van der Waals surface area contributed by atoms with E-state index in [0.717, 1.165) is 4.67 Å². The van der Waals surface area contributed by atoms with Crippen LogP contribution in [0.4, 0.5) is 0 Å². The van der Waals surface area contributed by atoms with Crippen LogP contribution < -0.4 is 0 Å². The quantitative estimate of drug-likeness (QED) is 0.529. The zero-order valence-corrected chi connectivity index (χ0v) is 11.5. The molecule has 1 atom stereocenters. The van der Waals surface area contributed by atoms with Crippen molar-refractivity contribution in [3.05, 3.63) is 0 Å². The molecule has 0 aromatic rings. The Kier molecular flexibility index (Phi) is 5.32. The average Bonchev–Trinajstić information content (AvgIpc) is 2.03. The molecule has 0 aliphatic heterocycles. The van der Waals surface area contributed by atoms with E-state index < -0.39 is 18.9 Å². The van der Waals surface area contributed by atoms with Crippen molar-refractivity contribution in [2.45, 2.75) is 17.7 Å². The lowest BCUT2D eigenvalue weighted by molar-refractivity contribution is 0.343. The summed E-state index contributed by atoms with van der Waals surface area (Å²) in [5.74, 6) is 0. The highest BCUT2D eigenvalue weighted by Gasteiger charge is 2.60. The molecule has 1 unspecified atom stereocenters. The molecule has 0 aliphatic carbocycles. The molecular weight excluding hydrogens is 287 g/mol. The third-order valence-electron chi connectivity index (χ3n) is 1.81. The minimum atomic E-state index is -5.09. The lowest BCUT2D eigenvalue weighted by Gasteiger charge is -2.33. The number of hydrogen-bond donors (Lipinski definition) is 3. The van der Waals surface area contributed by atoms with E-state index in [-0.39, 0.29) is 13.1 Å². The number of halogens is 2. The second-order valence-corrected chi connectivity index (χ2v) is 9.55. The molecule has 0 saturated carbocycles. The van der Waals surface area contributed by atoms with Crippen molar-refractivity contribution in [1.82, 2.24) is 4.67 Å². The maximum absolute atomic E-state index is 11.8. The lowest BCUT2D eigenvalue weighted by Crippen LogP contribution is -2.29. The van der Waals surface area contributed by atoms with Crippen LogP contribution in [0, 0.1) is 0 Å². The van der Waals surface area contributed by atoms with Gasteiger partial charge in [0.05, 0.1) is 0 Å². The van der Waals surface area contributed by atoms with E-state index in [4.69, 9.17) is 33.0 Å². The van der Waals surface area contributed by atoms with Crippen molar-refractivity contribution in [2.24, 2.45) is 0 Å². The van der Waals surface area contributed by atoms with Crippen LogP contribution in [-0.4, -0.2) is 36.3 Å². The summed E-state index contributed by atoms with van der Waals surface area (Å²) in [5, 5.41) is 0. The van der Waals surface area contributed by atoms with Gasteiger partial charge in [-0.05, 0) is 0 Å². The molecule has 6 nitrogen and oxygen atoms in total. The molecule has 0 spiro atoms. The Morgan fingerprint density at radius 3 is 1.67 bits per heavy atom. The van der Waals surface area contributed by atoms with Gasteiger partial charge in [0.2, 0.25) is 0 Å². The Balaban J connectivity index is 5.37. The summed E-state index contributed by atoms with van der Waals surface area (Å²) < 4.78 is 20.6. The first kappa shape index (κ1) is 15.9. The van der Waals surface area contributed by atoms with Gasteiger partial charge >= 0.3 is 18.9 Å². The zero-order chi connectivity index (χ0) is 12.5. The van der Waals surface area contributed by atoms with Gasteiger partial charge in [0.25, 0.3) is 0 Å². The zero-order valence-electron chi connectivity index (χ0n) is 8.17. The van der Waals surface area contributed by atoms with Crippen LogP contribution >= 0.6 is 38.3 Å². The predicted molar refractivity (Wildman–Crippen MR) is 59.2 cm³/mol. The van der Waals surface area contributed by atoms with E-state index >= 15 is 0 Å². The van der Waals surface area contributed by atoms with Gasteiger partial charge in [-0.2, -0.15) is 0 Å². The van der Waals surface area contributed by atoms with E-state index in [1.807, 2.05) is 0 Å². The standard InChI is InChI=1S/C5H13Cl2NO5P2/c1-3-8(4-2)14(9,10)5(6,7)15(11,12)13/h3-4H2,1-2H3,(H,9,10)(H2,11,12,13). The molecular formula is C5H13Cl2NO5P2. The average molecular weight is 300 g/mol.